The van der Waals surface area contributed by atoms with Gasteiger partial charge in [0, 0.05) is 50.9 Å². The van der Waals surface area contributed by atoms with E-state index in [1.165, 1.54) is 12.8 Å². The second-order valence-electron chi connectivity index (χ2n) is 10.1. The Bertz CT molecular complexity index is 755. The van der Waals surface area contributed by atoms with Gasteiger partial charge in [0.1, 0.15) is 5.75 Å². The van der Waals surface area contributed by atoms with Crippen LogP contribution in [0.3, 0.4) is 0 Å². The Kier molecular flexibility index (Phi) is 10.5. The Labute approximate surface area is 205 Å². The number of hydrogen-bond donors (Lipinski definition) is 3. The first-order valence-electron chi connectivity index (χ1n) is 13.2. The third-order valence-corrected chi connectivity index (χ3v) is 7.37. The van der Waals surface area contributed by atoms with Crippen molar-refractivity contribution in [2.24, 2.45) is 5.92 Å². The molecular weight excluding hydrogens is 430 g/mol. The number of para-hydroxylation sites is 1. The fourth-order valence-corrected chi connectivity index (χ4v) is 5.52. The zero-order chi connectivity index (χ0) is 24.4. The second-order valence-corrected chi connectivity index (χ2v) is 10.1. The average molecular weight is 476 g/mol. The van der Waals surface area contributed by atoms with E-state index in [1.54, 1.807) is 7.11 Å². The summed E-state index contributed by atoms with van der Waals surface area (Å²) < 4.78 is 11.7. The SMILES string of the molecule is CNC[C@H](C)NC(=O)N1CCC[C@@H]([C@@](O)(CCCCOC)c2ccccc2OC2CCCC2)C1. The van der Waals surface area contributed by atoms with Crippen LogP contribution in [0.2, 0.25) is 0 Å². The molecule has 0 aromatic heterocycles. The van der Waals surface area contributed by atoms with E-state index in [2.05, 4.69) is 10.6 Å². The summed E-state index contributed by atoms with van der Waals surface area (Å²) in [5.41, 5.74) is -0.187. The number of nitrogens with zero attached hydrogens (tertiary/aromatic N) is 1. The zero-order valence-corrected chi connectivity index (χ0v) is 21.4. The van der Waals surface area contributed by atoms with Crippen molar-refractivity contribution in [2.75, 3.05) is 40.4 Å². The van der Waals surface area contributed by atoms with Crippen LogP contribution in [-0.2, 0) is 10.3 Å². The lowest BCUT2D eigenvalue weighted by atomic mass is 9.73. The summed E-state index contributed by atoms with van der Waals surface area (Å²) in [5, 5.41) is 18.5. The van der Waals surface area contributed by atoms with Gasteiger partial charge in [-0.25, -0.2) is 4.79 Å². The largest absolute Gasteiger partial charge is 0.490 e. The lowest BCUT2D eigenvalue weighted by Crippen LogP contribution is -2.53. The molecule has 2 amide bonds. The molecule has 1 saturated carbocycles. The molecule has 0 bridgehead atoms. The molecule has 1 aliphatic carbocycles. The highest BCUT2D eigenvalue weighted by atomic mass is 16.5. The number of amides is 2. The Hall–Kier alpha value is -1.83. The fraction of sp³-hybridized carbons (Fsp3) is 0.741. The third-order valence-electron chi connectivity index (χ3n) is 7.37. The van der Waals surface area contributed by atoms with Gasteiger partial charge in [0.15, 0.2) is 0 Å². The van der Waals surface area contributed by atoms with Crippen molar-refractivity contribution in [1.82, 2.24) is 15.5 Å². The van der Waals surface area contributed by atoms with Crippen molar-refractivity contribution >= 4 is 6.03 Å². The second kappa shape index (κ2) is 13.3. The molecule has 0 unspecified atom stereocenters. The molecule has 3 N–H and O–H groups in total. The number of aliphatic hydroxyl groups is 1. The number of piperidine rings is 1. The molecule has 2 fully saturated rings. The van der Waals surface area contributed by atoms with Crippen molar-refractivity contribution < 1.29 is 19.4 Å². The van der Waals surface area contributed by atoms with Crippen LogP contribution in [0.4, 0.5) is 4.79 Å². The van der Waals surface area contributed by atoms with Crippen LogP contribution in [0.5, 0.6) is 5.75 Å². The van der Waals surface area contributed by atoms with Gasteiger partial charge in [-0.3, -0.25) is 0 Å². The van der Waals surface area contributed by atoms with Crippen LogP contribution in [0.25, 0.3) is 0 Å². The number of urea groups is 1. The van der Waals surface area contributed by atoms with E-state index in [1.807, 2.05) is 43.1 Å². The monoisotopic (exact) mass is 475 g/mol. The lowest BCUT2D eigenvalue weighted by Gasteiger charge is -2.43. The summed E-state index contributed by atoms with van der Waals surface area (Å²) in [6.07, 6.45) is 8.90. The first-order valence-corrected chi connectivity index (χ1v) is 13.2. The molecule has 34 heavy (non-hydrogen) atoms. The Morgan fingerprint density at radius 1 is 1.21 bits per heavy atom. The highest BCUT2D eigenvalue weighted by Gasteiger charge is 2.43. The van der Waals surface area contributed by atoms with Gasteiger partial charge < -0.3 is 30.1 Å². The summed E-state index contributed by atoms with van der Waals surface area (Å²) >= 11 is 0. The number of likely N-dealkylation sites (tertiary alicyclic amines) is 1. The van der Waals surface area contributed by atoms with Crippen LogP contribution >= 0.6 is 0 Å². The van der Waals surface area contributed by atoms with Crippen molar-refractivity contribution in [3.05, 3.63) is 29.8 Å². The number of ether oxygens (including phenoxy) is 2. The summed E-state index contributed by atoms with van der Waals surface area (Å²) in [6.45, 7) is 4.65. The minimum absolute atomic E-state index is 0.0475. The number of unbranched alkanes of at least 4 members (excludes halogenated alkanes) is 1. The number of carbonyl (C=O) groups is 1. The van der Waals surface area contributed by atoms with Gasteiger partial charge in [0.25, 0.3) is 0 Å². The number of rotatable bonds is 12. The standard InChI is InChI=1S/C27H45N3O4/c1-21(19-28-2)29-26(31)30-17-10-11-22(20-30)27(32,16-8-9-18-33-3)24-14-6-7-15-25(24)34-23-12-4-5-13-23/h6-7,14-15,21-23,28,32H,4-5,8-13,16-20H2,1-3H3,(H,29,31)/t21-,22+,27-/m0/s1. The Morgan fingerprint density at radius 3 is 2.71 bits per heavy atom. The molecule has 0 spiro atoms. The minimum Gasteiger partial charge on any atom is -0.490 e. The van der Waals surface area contributed by atoms with E-state index in [-0.39, 0.29) is 24.1 Å². The molecule has 1 aliphatic heterocycles. The van der Waals surface area contributed by atoms with Gasteiger partial charge in [-0.2, -0.15) is 0 Å². The molecule has 1 aromatic carbocycles. The van der Waals surface area contributed by atoms with Gasteiger partial charge in [-0.05, 0) is 77.8 Å². The van der Waals surface area contributed by atoms with Crippen LogP contribution in [-0.4, -0.2) is 68.6 Å². The van der Waals surface area contributed by atoms with Gasteiger partial charge in [0.2, 0.25) is 0 Å². The minimum atomic E-state index is -1.06. The van der Waals surface area contributed by atoms with E-state index in [0.29, 0.717) is 26.1 Å². The van der Waals surface area contributed by atoms with Gasteiger partial charge in [-0.15, -0.1) is 0 Å². The zero-order valence-electron chi connectivity index (χ0n) is 21.4. The van der Waals surface area contributed by atoms with Crippen molar-refractivity contribution in [1.29, 1.82) is 0 Å². The Balaban J connectivity index is 1.81. The summed E-state index contributed by atoms with van der Waals surface area (Å²) in [5.74, 6) is 0.746. The number of hydrogen-bond acceptors (Lipinski definition) is 5. The topological polar surface area (TPSA) is 83.1 Å². The average Bonchev–Trinajstić information content (AvgIpc) is 3.35. The van der Waals surface area contributed by atoms with E-state index in [9.17, 15) is 9.90 Å². The molecule has 1 aromatic rings. The molecule has 2 aliphatic rings. The molecule has 0 radical (unpaired) electrons. The predicted octanol–water partition coefficient (Wildman–Crippen LogP) is 4.04. The van der Waals surface area contributed by atoms with Gasteiger partial charge >= 0.3 is 6.03 Å². The molecule has 1 heterocycles. The van der Waals surface area contributed by atoms with E-state index < -0.39 is 5.60 Å². The highest BCUT2D eigenvalue weighted by Crippen LogP contribution is 2.44. The van der Waals surface area contributed by atoms with E-state index >= 15 is 0 Å². The third kappa shape index (κ3) is 7.09. The first-order chi connectivity index (χ1) is 16.5. The van der Waals surface area contributed by atoms with Gasteiger partial charge in [0.05, 0.1) is 11.7 Å². The van der Waals surface area contributed by atoms with Crippen LogP contribution in [0.15, 0.2) is 24.3 Å². The Morgan fingerprint density at radius 2 is 1.97 bits per heavy atom. The lowest BCUT2D eigenvalue weighted by molar-refractivity contribution is -0.0585. The van der Waals surface area contributed by atoms with Crippen molar-refractivity contribution in [3.8, 4) is 5.75 Å². The number of benzene rings is 1. The highest BCUT2D eigenvalue weighted by molar-refractivity contribution is 5.74. The van der Waals surface area contributed by atoms with Crippen molar-refractivity contribution in [2.45, 2.75) is 82.5 Å². The normalized spacial score (nSPS) is 21.8. The molecular formula is C27H45N3O4. The smallest absolute Gasteiger partial charge is 0.317 e. The van der Waals surface area contributed by atoms with E-state index in [0.717, 1.165) is 56.4 Å². The number of nitrogens with one attached hydrogen (secondary N) is 2. The number of likely N-dealkylation sites (N-methyl/N-ethyl adjacent to an activating group) is 1. The van der Waals surface area contributed by atoms with Crippen LogP contribution < -0.4 is 15.4 Å². The fourth-order valence-electron chi connectivity index (χ4n) is 5.52. The molecule has 7 nitrogen and oxygen atoms in total. The maximum atomic E-state index is 13.0. The number of carbonyl (C=O) groups excluding carboxylic acids is 1. The maximum Gasteiger partial charge on any atom is 0.317 e. The maximum absolute atomic E-state index is 13.0. The summed E-state index contributed by atoms with van der Waals surface area (Å²) in [4.78, 5) is 14.8. The molecule has 3 atom stereocenters. The van der Waals surface area contributed by atoms with Crippen LogP contribution in [0, 0.1) is 5.92 Å². The molecule has 3 rings (SSSR count). The summed E-state index contributed by atoms with van der Waals surface area (Å²) in [6, 6.07) is 8.00. The van der Waals surface area contributed by atoms with E-state index in [4.69, 9.17) is 9.47 Å². The first kappa shape index (κ1) is 26.8. The van der Waals surface area contributed by atoms with Crippen LogP contribution in [0.1, 0.15) is 70.3 Å². The van der Waals surface area contributed by atoms with Gasteiger partial charge in [-0.1, -0.05) is 18.2 Å². The molecule has 192 valence electrons. The molecule has 7 heteroatoms. The summed E-state index contributed by atoms with van der Waals surface area (Å²) in [7, 11) is 3.60. The van der Waals surface area contributed by atoms with Crippen molar-refractivity contribution in [3.63, 3.8) is 0 Å². The predicted molar refractivity (Wildman–Crippen MR) is 135 cm³/mol. The quantitative estimate of drug-likeness (QED) is 0.398. The molecule has 1 saturated heterocycles. The number of methoxy groups -OCH3 is 1.